The highest BCUT2D eigenvalue weighted by atomic mass is 32.1. The monoisotopic (exact) mass is 400 g/mol. The fraction of sp³-hybridized carbons (Fsp3) is 0.500. The van der Waals surface area contributed by atoms with Crippen LogP contribution in [-0.4, -0.2) is 14.4 Å². The van der Waals surface area contributed by atoms with Crippen molar-refractivity contribution in [2.24, 2.45) is 0 Å². The lowest BCUT2D eigenvalue weighted by Gasteiger charge is -2.38. The quantitative estimate of drug-likeness (QED) is 0.226. The molecule has 148 valence electrons. The van der Waals surface area contributed by atoms with E-state index < -0.39 is 8.32 Å². The van der Waals surface area contributed by atoms with E-state index in [9.17, 15) is 0 Å². The van der Waals surface area contributed by atoms with E-state index in [4.69, 9.17) is 4.43 Å². The van der Waals surface area contributed by atoms with Gasteiger partial charge >= 0.3 is 0 Å². The fourth-order valence-electron chi connectivity index (χ4n) is 2.83. The molecule has 1 aromatic heterocycles. The number of hydrogen-bond acceptors (Lipinski definition) is 2. The van der Waals surface area contributed by atoms with E-state index in [1.54, 1.807) is 0 Å². The second kappa shape index (κ2) is 10.4. The highest BCUT2D eigenvalue weighted by molar-refractivity contribution is 7.09. The fourth-order valence-corrected chi connectivity index (χ4v) is 4.82. The van der Waals surface area contributed by atoms with E-state index in [2.05, 4.69) is 93.9 Å². The Kier molecular flexibility index (Phi) is 8.52. The Morgan fingerprint density at radius 2 is 1.78 bits per heavy atom. The van der Waals surface area contributed by atoms with Crippen LogP contribution in [0.25, 0.3) is 0 Å². The molecule has 0 radical (unpaired) electrons. The molecule has 0 amide bonds. The molecule has 0 saturated heterocycles. The van der Waals surface area contributed by atoms with Gasteiger partial charge in [0.15, 0.2) is 8.32 Å². The summed E-state index contributed by atoms with van der Waals surface area (Å²) in [6.45, 7) is 11.7. The van der Waals surface area contributed by atoms with Crippen LogP contribution in [0.2, 0.25) is 18.1 Å². The Morgan fingerprint density at radius 3 is 2.41 bits per heavy atom. The molecule has 1 atom stereocenters. The zero-order valence-electron chi connectivity index (χ0n) is 17.7. The molecule has 1 nitrogen and oxygen atoms in total. The van der Waals surface area contributed by atoms with E-state index >= 15 is 0 Å². The van der Waals surface area contributed by atoms with Gasteiger partial charge in [0.1, 0.15) is 0 Å². The Balaban J connectivity index is 1.90. The number of unbranched alkanes of at least 4 members (excludes halogenated alkanes) is 1. The summed E-state index contributed by atoms with van der Waals surface area (Å²) in [5.41, 5.74) is 1.44. The molecular weight excluding hydrogens is 364 g/mol. The first-order valence-electron chi connectivity index (χ1n) is 10.2. The topological polar surface area (TPSA) is 9.23 Å². The van der Waals surface area contributed by atoms with Crippen molar-refractivity contribution in [1.29, 1.82) is 0 Å². The van der Waals surface area contributed by atoms with Gasteiger partial charge in [-0.3, -0.25) is 0 Å². The van der Waals surface area contributed by atoms with Crippen molar-refractivity contribution in [2.45, 2.75) is 77.1 Å². The molecule has 0 aliphatic carbocycles. The Morgan fingerprint density at radius 1 is 1.04 bits per heavy atom. The van der Waals surface area contributed by atoms with Crippen molar-refractivity contribution in [2.75, 3.05) is 0 Å². The van der Waals surface area contributed by atoms with E-state index in [-0.39, 0.29) is 11.1 Å². The van der Waals surface area contributed by atoms with Gasteiger partial charge in [0.05, 0.1) is 6.10 Å². The third kappa shape index (κ3) is 7.77. The first-order valence-corrected chi connectivity index (χ1v) is 14.0. The van der Waals surface area contributed by atoms with Crippen LogP contribution < -0.4 is 0 Å². The van der Waals surface area contributed by atoms with Crippen LogP contribution >= 0.6 is 11.3 Å². The van der Waals surface area contributed by atoms with Crippen LogP contribution in [0.1, 0.15) is 50.5 Å². The van der Waals surface area contributed by atoms with Crippen molar-refractivity contribution < 1.29 is 4.43 Å². The van der Waals surface area contributed by atoms with Gasteiger partial charge in [0.2, 0.25) is 0 Å². The molecule has 1 heterocycles. The molecule has 0 spiro atoms. The first-order chi connectivity index (χ1) is 12.8. The maximum Gasteiger partial charge on any atom is 0.192 e. The zero-order chi connectivity index (χ0) is 19.8. The molecule has 0 fully saturated rings. The summed E-state index contributed by atoms with van der Waals surface area (Å²) in [6, 6.07) is 15.1. The Hall–Kier alpha value is -1.16. The average molecular weight is 401 g/mol. The summed E-state index contributed by atoms with van der Waals surface area (Å²) in [6.07, 6.45) is 10.6. The standard InChI is InChI=1S/C24H36OSSi/c1-24(2,3)27(4,5)25-22(17-11-18-23-19-12-20-26-23)16-10-9-15-21-13-7-6-8-14-21/h6-8,11-14,17,19-20,22H,9-10,15-16,18H2,1-5H3/b17-11+/t22-/m0/s1. The summed E-state index contributed by atoms with van der Waals surface area (Å²) >= 11 is 1.83. The predicted octanol–water partition coefficient (Wildman–Crippen LogP) is 7.65. The number of rotatable bonds is 10. The van der Waals surface area contributed by atoms with Crippen LogP contribution in [0.5, 0.6) is 0 Å². The molecule has 1 aromatic carbocycles. The normalized spacial score (nSPS) is 14.0. The van der Waals surface area contributed by atoms with Crippen LogP contribution in [0, 0.1) is 0 Å². The lowest BCUT2D eigenvalue weighted by atomic mass is 10.1. The molecule has 3 heteroatoms. The highest BCUT2D eigenvalue weighted by Crippen LogP contribution is 2.38. The molecule has 27 heavy (non-hydrogen) atoms. The van der Waals surface area contributed by atoms with E-state index in [1.165, 1.54) is 23.3 Å². The van der Waals surface area contributed by atoms with E-state index in [0.717, 1.165) is 19.3 Å². The second-order valence-electron chi connectivity index (χ2n) is 8.86. The van der Waals surface area contributed by atoms with Crippen molar-refractivity contribution in [3.63, 3.8) is 0 Å². The number of aryl methyl sites for hydroxylation is 1. The van der Waals surface area contributed by atoms with Gasteiger partial charge < -0.3 is 4.43 Å². The number of benzene rings is 1. The van der Waals surface area contributed by atoms with Crippen LogP contribution in [0.3, 0.4) is 0 Å². The maximum atomic E-state index is 6.73. The zero-order valence-corrected chi connectivity index (χ0v) is 19.5. The highest BCUT2D eigenvalue weighted by Gasteiger charge is 2.38. The van der Waals surface area contributed by atoms with Gasteiger partial charge in [-0.2, -0.15) is 0 Å². The number of hydrogen-bond donors (Lipinski definition) is 0. The van der Waals surface area contributed by atoms with Crippen LogP contribution in [-0.2, 0) is 17.3 Å². The SMILES string of the molecule is CC(C)(C)[Si](C)(C)O[C@H](/C=C/Cc1cccs1)CCCCc1ccccc1. The molecule has 0 aliphatic heterocycles. The van der Waals surface area contributed by atoms with Crippen molar-refractivity contribution in [3.05, 3.63) is 70.4 Å². The molecule has 0 aliphatic rings. The van der Waals surface area contributed by atoms with Gasteiger partial charge in [-0.1, -0.05) is 75.7 Å². The lowest BCUT2D eigenvalue weighted by Crippen LogP contribution is -2.43. The molecule has 2 rings (SSSR count). The third-order valence-corrected chi connectivity index (χ3v) is 11.0. The van der Waals surface area contributed by atoms with Crippen LogP contribution in [0.15, 0.2) is 60.0 Å². The predicted molar refractivity (Wildman–Crippen MR) is 123 cm³/mol. The molecule has 0 saturated carbocycles. The van der Waals surface area contributed by atoms with E-state index in [0.29, 0.717) is 0 Å². The summed E-state index contributed by atoms with van der Waals surface area (Å²) < 4.78 is 6.73. The largest absolute Gasteiger partial charge is 0.411 e. The van der Waals surface area contributed by atoms with Gasteiger partial charge in [-0.05, 0) is 60.8 Å². The minimum absolute atomic E-state index is 0.238. The smallest absolute Gasteiger partial charge is 0.192 e. The minimum Gasteiger partial charge on any atom is -0.411 e. The summed E-state index contributed by atoms with van der Waals surface area (Å²) in [5.74, 6) is 0. The van der Waals surface area contributed by atoms with Gasteiger partial charge in [0.25, 0.3) is 0 Å². The van der Waals surface area contributed by atoms with Crippen molar-refractivity contribution in [1.82, 2.24) is 0 Å². The molecule has 0 bridgehead atoms. The van der Waals surface area contributed by atoms with Gasteiger partial charge in [-0.15, -0.1) is 11.3 Å². The van der Waals surface area contributed by atoms with Gasteiger partial charge in [-0.25, -0.2) is 0 Å². The van der Waals surface area contributed by atoms with Crippen LogP contribution in [0.4, 0.5) is 0 Å². The maximum absolute atomic E-state index is 6.73. The van der Waals surface area contributed by atoms with Crippen molar-refractivity contribution in [3.8, 4) is 0 Å². The Bertz CT molecular complexity index is 668. The summed E-state index contributed by atoms with van der Waals surface area (Å²) in [7, 11) is -1.76. The molecule has 2 aromatic rings. The lowest BCUT2D eigenvalue weighted by molar-refractivity contribution is 0.211. The third-order valence-electron chi connectivity index (χ3n) is 5.55. The summed E-state index contributed by atoms with van der Waals surface area (Å²) in [4.78, 5) is 1.42. The minimum atomic E-state index is -1.76. The first kappa shape index (κ1) is 22.1. The number of thiophene rings is 1. The van der Waals surface area contributed by atoms with E-state index in [1.807, 2.05) is 11.3 Å². The molecular formula is C24H36OSSi. The van der Waals surface area contributed by atoms with Gasteiger partial charge in [0, 0.05) is 4.88 Å². The Labute approximate surface area is 171 Å². The van der Waals surface area contributed by atoms with Crippen molar-refractivity contribution >= 4 is 19.7 Å². The molecule has 0 N–H and O–H groups in total. The molecule has 0 unspecified atom stereocenters. The number of allylic oxidation sites excluding steroid dienone is 1. The average Bonchev–Trinajstić information content (AvgIpc) is 3.11. The summed E-state index contributed by atoms with van der Waals surface area (Å²) in [5, 5.41) is 2.40. The second-order valence-corrected chi connectivity index (χ2v) is 14.6.